The summed E-state index contributed by atoms with van der Waals surface area (Å²) in [6.07, 6.45) is 4.22. The summed E-state index contributed by atoms with van der Waals surface area (Å²) in [4.78, 5) is 14.1. The maximum Gasteiger partial charge on any atom is 0.149 e. The van der Waals surface area contributed by atoms with Crippen LogP contribution in [0, 0.1) is 5.92 Å². The van der Waals surface area contributed by atoms with Crippen LogP contribution < -0.4 is 0 Å². The molecule has 0 saturated heterocycles. The number of rotatable bonds is 4. The number of nitrogens with zero attached hydrogens (tertiary/aromatic N) is 1. The lowest BCUT2D eigenvalue weighted by molar-refractivity contribution is -0.126. The van der Waals surface area contributed by atoms with Gasteiger partial charge in [-0.2, -0.15) is 0 Å². The first-order chi connectivity index (χ1) is 6.65. The number of likely N-dealkylation sites (N-methyl/N-ethyl adjacent to an activating group) is 1. The molecule has 0 aromatic carbocycles. The van der Waals surface area contributed by atoms with Crippen LogP contribution in [0.25, 0.3) is 0 Å². The summed E-state index contributed by atoms with van der Waals surface area (Å²) in [5, 5.41) is 0. The van der Waals surface area contributed by atoms with Gasteiger partial charge < -0.3 is 0 Å². The first-order valence-electron chi connectivity index (χ1n) is 5.92. The fraction of sp³-hybridized carbons (Fsp3) is 0.917. The monoisotopic (exact) mass is 197 g/mol. The highest BCUT2D eigenvalue weighted by Gasteiger charge is 2.27. The van der Waals surface area contributed by atoms with E-state index in [9.17, 15) is 4.79 Å². The lowest BCUT2D eigenvalue weighted by Gasteiger charge is -2.33. The number of ketones is 1. The highest BCUT2D eigenvalue weighted by molar-refractivity contribution is 5.84. The lowest BCUT2D eigenvalue weighted by Crippen LogP contribution is -2.44. The number of hydrogen-bond acceptors (Lipinski definition) is 2. The predicted molar refractivity (Wildman–Crippen MR) is 59.3 cm³/mol. The fourth-order valence-corrected chi connectivity index (χ4v) is 2.30. The van der Waals surface area contributed by atoms with E-state index in [0.717, 1.165) is 32.4 Å². The van der Waals surface area contributed by atoms with Crippen LogP contribution in [0.2, 0.25) is 0 Å². The molecule has 2 nitrogen and oxygen atoms in total. The lowest BCUT2D eigenvalue weighted by atomic mass is 9.92. The van der Waals surface area contributed by atoms with Gasteiger partial charge in [-0.15, -0.1) is 0 Å². The highest BCUT2D eigenvalue weighted by atomic mass is 16.1. The minimum Gasteiger partial charge on any atom is -0.298 e. The third kappa shape index (κ3) is 3.09. The Bertz CT molecular complexity index is 189. The second kappa shape index (κ2) is 5.50. The molecule has 0 heterocycles. The summed E-state index contributed by atoms with van der Waals surface area (Å²) in [6, 6.07) is 0.233. The second-order valence-electron chi connectivity index (χ2n) is 4.71. The maximum absolute atomic E-state index is 11.7. The molecule has 1 aliphatic rings. The smallest absolute Gasteiger partial charge is 0.149 e. The topological polar surface area (TPSA) is 20.3 Å². The van der Waals surface area contributed by atoms with Gasteiger partial charge in [-0.25, -0.2) is 0 Å². The Labute approximate surface area is 87.7 Å². The van der Waals surface area contributed by atoms with Gasteiger partial charge in [-0.3, -0.25) is 9.69 Å². The van der Waals surface area contributed by atoms with Gasteiger partial charge in [0.05, 0.1) is 6.04 Å². The Morgan fingerprint density at radius 2 is 2.14 bits per heavy atom. The third-order valence-electron chi connectivity index (χ3n) is 2.97. The molecular formula is C12H23NO. The Morgan fingerprint density at radius 1 is 1.43 bits per heavy atom. The van der Waals surface area contributed by atoms with Gasteiger partial charge in [0.15, 0.2) is 0 Å². The van der Waals surface area contributed by atoms with Crippen molar-refractivity contribution in [2.75, 3.05) is 13.1 Å². The van der Waals surface area contributed by atoms with E-state index in [1.807, 2.05) is 0 Å². The van der Waals surface area contributed by atoms with Crippen molar-refractivity contribution < 1.29 is 4.79 Å². The van der Waals surface area contributed by atoms with Crippen molar-refractivity contribution in [2.24, 2.45) is 5.92 Å². The van der Waals surface area contributed by atoms with Crippen molar-refractivity contribution in [1.82, 2.24) is 4.90 Å². The van der Waals surface area contributed by atoms with E-state index in [1.165, 1.54) is 6.42 Å². The molecule has 0 spiro atoms. The molecule has 14 heavy (non-hydrogen) atoms. The molecular weight excluding hydrogens is 174 g/mol. The molecule has 1 rings (SSSR count). The van der Waals surface area contributed by atoms with E-state index < -0.39 is 0 Å². The van der Waals surface area contributed by atoms with E-state index in [2.05, 4.69) is 25.7 Å². The van der Waals surface area contributed by atoms with Crippen LogP contribution in [-0.4, -0.2) is 29.8 Å². The van der Waals surface area contributed by atoms with Crippen molar-refractivity contribution in [3.8, 4) is 0 Å². The highest BCUT2D eigenvalue weighted by Crippen LogP contribution is 2.20. The molecule has 0 bridgehead atoms. The molecule has 2 heteroatoms. The van der Waals surface area contributed by atoms with Crippen molar-refractivity contribution in [3.05, 3.63) is 0 Å². The molecule has 0 amide bonds. The maximum atomic E-state index is 11.7. The molecule has 0 radical (unpaired) electrons. The first-order valence-corrected chi connectivity index (χ1v) is 5.92. The van der Waals surface area contributed by atoms with Gasteiger partial charge in [0.2, 0.25) is 0 Å². The van der Waals surface area contributed by atoms with Gasteiger partial charge in [-0.05, 0) is 25.3 Å². The molecule has 0 N–H and O–H groups in total. The molecule has 1 unspecified atom stereocenters. The minimum absolute atomic E-state index is 0.233. The number of Topliss-reactive ketones (excluding diaryl/α,β-unsaturated/α-hetero) is 1. The predicted octanol–water partition coefficient (Wildman–Crippen LogP) is 2.48. The Balaban J connectivity index is 2.53. The first kappa shape index (κ1) is 11.7. The van der Waals surface area contributed by atoms with Crippen LogP contribution >= 0.6 is 0 Å². The minimum atomic E-state index is 0.233. The van der Waals surface area contributed by atoms with Gasteiger partial charge in [0.1, 0.15) is 5.78 Å². The molecule has 0 aliphatic heterocycles. The molecule has 1 aliphatic carbocycles. The van der Waals surface area contributed by atoms with Crippen LogP contribution in [0.4, 0.5) is 0 Å². The third-order valence-corrected chi connectivity index (χ3v) is 2.97. The number of carbonyl (C=O) groups excluding carboxylic acids is 1. The van der Waals surface area contributed by atoms with Crippen molar-refractivity contribution in [2.45, 2.75) is 52.5 Å². The Hall–Kier alpha value is -0.370. The van der Waals surface area contributed by atoms with E-state index in [1.54, 1.807) is 0 Å². The molecule has 1 atom stereocenters. The summed E-state index contributed by atoms with van der Waals surface area (Å²) >= 11 is 0. The number of hydrogen-bond donors (Lipinski definition) is 0. The average Bonchev–Trinajstić information content (AvgIpc) is 2.15. The van der Waals surface area contributed by atoms with E-state index in [-0.39, 0.29) is 6.04 Å². The van der Waals surface area contributed by atoms with Gasteiger partial charge in [-0.1, -0.05) is 27.2 Å². The second-order valence-corrected chi connectivity index (χ2v) is 4.71. The summed E-state index contributed by atoms with van der Waals surface area (Å²) in [6.45, 7) is 8.66. The normalized spacial score (nSPS) is 23.5. The fourth-order valence-electron chi connectivity index (χ4n) is 2.30. The standard InChI is InChI=1S/C12H23NO/c1-4-13(9-10(2)3)11-7-5-6-8-12(11)14/h10-11H,4-9H2,1-3H3. The van der Waals surface area contributed by atoms with Gasteiger partial charge in [0, 0.05) is 13.0 Å². The largest absolute Gasteiger partial charge is 0.298 e. The molecule has 1 saturated carbocycles. The zero-order valence-electron chi connectivity index (χ0n) is 9.75. The molecule has 0 aromatic rings. The summed E-state index contributed by atoms with van der Waals surface area (Å²) in [5.41, 5.74) is 0. The summed E-state index contributed by atoms with van der Waals surface area (Å²) in [5.74, 6) is 1.13. The molecule has 82 valence electrons. The van der Waals surface area contributed by atoms with Crippen LogP contribution in [0.3, 0.4) is 0 Å². The zero-order chi connectivity index (χ0) is 10.6. The molecule has 0 aromatic heterocycles. The SMILES string of the molecule is CCN(CC(C)C)C1CCCCC1=O. The zero-order valence-corrected chi connectivity index (χ0v) is 9.75. The van der Waals surface area contributed by atoms with Crippen molar-refractivity contribution in [3.63, 3.8) is 0 Å². The molecule has 1 fully saturated rings. The van der Waals surface area contributed by atoms with E-state index in [4.69, 9.17) is 0 Å². The van der Waals surface area contributed by atoms with Crippen LogP contribution in [0.5, 0.6) is 0 Å². The van der Waals surface area contributed by atoms with Gasteiger partial charge >= 0.3 is 0 Å². The van der Waals surface area contributed by atoms with Crippen LogP contribution in [-0.2, 0) is 4.79 Å². The summed E-state index contributed by atoms with van der Waals surface area (Å²) < 4.78 is 0. The average molecular weight is 197 g/mol. The van der Waals surface area contributed by atoms with E-state index >= 15 is 0 Å². The Morgan fingerprint density at radius 3 is 2.64 bits per heavy atom. The Kier molecular flexibility index (Phi) is 4.59. The van der Waals surface area contributed by atoms with Crippen LogP contribution in [0.15, 0.2) is 0 Å². The number of carbonyl (C=O) groups is 1. The quantitative estimate of drug-likeness (QED) is 0.690. The van der Waals surface area contributed by atoms with Crippen LogP contribution in [0.1, 0.15) is 46.5 Å². The van der Waals surface area contributed by atoms with Gasteiger partial charge in [0.25, 0.3) is 0 Å². The van der Waals surface area contributed by atoms with Crippen molar-refractivity contribution >= 4 is 5.78 Å². The van der Waals surface area contributed by atoms with Crippen molar-refractivity contribution in [1.29, 1.82) is 0 Å². The summed E-state index contributed by atoms with van der Waals surface area (Å²) in [7, 11) is 0. The van der Waals surface area contributed by atoms with E-state index in [0.29, 0.717) is 11.7 Å².